The number of rotatable bonds is 8. The van der Waals surface area contributed by atoms with Crippen molar-refractivity contribution in [2.24, 2.45) is 0 Å². The lowest BCUT2D eigenvalue weighted by Crippen LogP contribution is -2.63. The van der Waals surface area contributed by atoms with Gasteiger partial charge in [0.25, 0.3) is 0 Å². The molecular weight excluding hydrogens is 471 g/mol. The molecule has 2 aliphatic rings. The summed E-state index contributed by atoms with van der Waals surface area (Å²) < 4.78 is 44.2. The predicted octanol–water partition coefficient (Wildman–Crippen LogP) is 3.91. The number of ether oxygens (including phenoxy) is 1. The molecule has 1 saturated heterocycles. The second-order valence-corrected chi connectivity index (χ2v) is 9.59. The van der Waals surface area contributed by atoms with Gasteiger partial charge in [0.2, 0.25) is 5.91 Å². The Hall–Kier alpha value is -3.04. The van der Waals surface area contributed by atoms with Crippen LogP contribution in [0.4, 0.5) is 13.2 Å². The van der Waals surface area contributed by atoms with Crippen molar-refractivity contribution in [3.05, 3.63) is 71.8 Å². The quantitative estimate of drug-likeness (QED) is 0.510. The number of likely N-dealkylation sites (tertiary alicyclic amines) is 1. The number of carbonyl (C=O) groups is 1. The lowest BCUT2D eigenvalue weighted by molar-refractivity contribution is -0.137. The molecule has 1 amide bonds. The van der Waals surface area contributed by atoms with Crippen LogP contribution in [0.25, 0.3) is 5.70 Å². The Kier molecular flexibility index (Phi) is 7.61. The van der Waals surface area contributed by atoms with E-state index in [4.69, 9.17) is 4.74 Å². The molecule has 3 N–H and O–H groups in total. The van der Waals surface area contributed by atoms with Gasteiger partial charge in [0, 0.05) is 30.4 Å². The molecule has 2 aromatic carbocycles. The summed E-state index contributed by atoms with van der Waals surface area (Å²) in [4.78, 5) is 14.7. The molecule has 36 heavy (non-hydrogen) atoms. The summed E-state index contributed by atoms with van der Waals surface area (Å²) >= 11 is 0. The van der Waals surface area contributed by atoms with Gasteiger partial charge >= 0.3 is 6.18 Å². The van der Waals surface area contributed by atoms with E-state index in [9.17, 15) is 23.1 Å². The maximum Gasteiger partial charge on any atom is 0.416 e. The van der Waals surface area contributed by atoms with E-state index in [2.05, 4.69) is 22.1 Å². The number of para-hydroxylation sites is 1. The summed E-state index contributed by atoms with van der Waals surface area (Å²) in [5.74, 6) is 0.469. The first kappa shape index (κ1) is 26.0. The number of methoxy groups -OCH3 is 1. The fourth-order valence-corrected chi connectivity index (χ4v) is 5.10. The van der Waals surface area contributed by atoms with E-state index >= 15 is 0 Å². The van der Waals surface area contributed by atoms with E-state index in [1.807, 2.05) is 24.3 Å². The average Bonchev–Trinajstić information content (AvgIpc) is 2.85. The van der Waals surface area contributed by atoms with E-state index in [1.165, 1.54) is 12.1 Å². The third-order valence-electron chi connectivity index (χ3n) is 7.18. The highest BCUT2D eigenvalue weighted by atomic mass is 19.4. The number of carbonyl (C=O) groups excluding carboxylic acids is 1. The van der Waals surface area contributed by atoms with E-state index < -0.39 is 17.3 Å². The molecule has 0 radical (unpaired) electrons. The second kappa shape index (κ2) is 10.5. The number of alkyl halides is 3. The molecule has 0 unspecified atom stereocenters. The smallest absolute Gasteiger partial charge is 0.416 e. The molecule has 2 aromatic rings. The number of hydrogen-bond acceptors (Lipinski definition) is 5. The van der Waals surface area contributed by atoms with Crippen LogP contribution in [0, 0.1) is 0 Å². The molecule has 9 heteroatoms. The van der Waals surface area contributed by atoms with Gasteiger partial charge < -0.3 is 20.5 Å². The summed E-state index contributed by atoms with van der Waals surface area (Å²) in [6.07, 6.45) is -1.43. The van der Waals surface area contributed by atoms with Gasteiger partial charge in [0.15, 0.2) is 0 Å². The van der Waals surface area contributed by atoms with Gasteiger partial charge in [-0.3, -0.25) is 9.69 Å². The highest BCUT2D eigenvalue weighted by Gasteiger charge is 2.41. The lowest BCUT2D eigenvalue weighted by atomic mass is 9.76. The Morgan fingerprint density at radius 2 is 1.86 bits per heavy atom. The molecule has 0 atom stereocenters. The SMILES string of the molecule is C=C(NCC(=O)NC1CN(C2CCC(O)(c3ccccc3OC)CC2)C1)c1cccc(C(F)(F)F)c1. The Bertz CT molecular complexity index is 1090. The van der Waals surface area contributed by atoms with Gasteiger partial charge in [-0.2, -0.15) is 13.2 Å². The van der Waals surface area contributed by atoms with Crippen molar-refractivity contribution < 1.29 is 27.8 Å². The van der Waals surface area contributed by atoms with Gasteiger partial charge in [0.05, 0.1) is 30.9 Å². The van der Waals surface area contributed by atoms with Crippen molar-refractivity contribution in [2.45, 2.75) is 49.5 Å². The summed E-state index contributed by atoms with van der Waals surface area (Å²) in [5, 5.41) is 17.0. The Morgan fingerprint density at radius 1 is 1.17 bits per heavy atom. The third-order valence-corrected chi connectivity index (χ3v) is 7.18. The number of aliphatic hydroxyl groups is 1. The molecule has 194 valence electrons. The minimum atomic E-state index is -4.44. The molecule has 4 rings (SSSR count). The minimum absolute atomic E-state index is 0.0242. The first-order valence-electron chi connectivity index (χ1n) is 12.1. The predicted molar refractivity (Wildman–Crippen MR) is 131 cm³/mol. The topological polar surface area (TPSA) is 73.8 Å². The monoisotopic (exact) mass is 503 g/mol. The molecule has 0 bridgehead atoms. The lowest BCUT2D eigenvalue weighted by Gasteiger charge is -2.48. The summed E-state index contributed by atoms with van der Waals surface area (Å²) in [5.41, 5.74) is -0.270. The van der Waals surface area contributed by atoms with Crippen molar-refractivity contribution in [2.75, 3.05) is 26.7 Å². The van der Waals surface area contributed by atoms with Gasteiger partial charge in [0.1, 0.15) is 5.75 Å². The molecule has 6 nitrogen and oxygen atoms in total. The van der Waals surface area contributed by atoms with Crippen molar-refractivity contribution >= 4 is 11.6 Å². The van der Waals surface area contributed by atoms with Crippen LogP contribution in [0.3, 0.4) is 0 Å². The van der Waals surface area contributed by atoms with Crippen molar-refractivity contribution in [1.29, 1.82) is 0 Å². The molecular formula is C27H32F3N3O3. The van der Waals surface area contributed by atoms with Crippen LogP contribution >= 0.6 is 0 Å². The number of amides is 1. The zero-order chi connectivity index (χ0) is 25.9. The van der Waals surface area contributed by atoms with Crippen LogP contribution in [-0.2, 0) is 16.6 Å². The van der Waals surface area contributed by atoms with Crippen LogP contribution in [-0.4, -0.2) is 54.7 Å². The van der Waals surface area contributed by atoms with Gasteiger partial charge in [-0.25, -0.2) is 0 Å². The fourth-order valence-electron chi connectivity index (χ4n) is 5.10. The van der Waals surface area contributed by atoms with E-state index in [-0.39, 0.29) is 29.8 Å². The first-order valence-corrected chi connectivity index (χ1v) is 12.1. The maximum absolute atomic E-state index is 12.9. The second-order valence-electron chi connectivity index (χ2n) is 9.59. The highest BCUT2D eigenvalue weighted by molar-refractivity contribution is 5.80. The Morgan fingerprint density at radius 3 is 2.53 bits per heavy atom. The zero-order valence-corrected chi connectivity index (χ0v) is 20.3. The van der Waals surface area contributed by atoms with Crippen LogP contribution in [0.5, 0.6) is 5.75 Å². The summed E-state index contributed by atoms with van der Waals surface area (Å²) in [6, 6.07) is 12.8. The molecule has 1 heterocycles. The van der Waals surface area contributed by atoms with Crippen molar-refractivity contribution in [3.8, 4) is 5.75 Å². The number of nitrogens with zero attached hydrogens (tertiary/aromatic N) is 1. The van der Waals surface area contributed by atoms with Crippen LogP contribution < -0.4 is 15.4 Å². The molecule has 1 aliphatic heterocycles. The van der Waals surface area contributed by atoms with Gasteiger partial charge in [-0.15, -0.1) is 0 Å². The van der Waals surface area contributed by atoms with Gasteiger partial charge in [-0.05, 0) is 49.4 Å². The van der Waals surface area contributed by atoms with E-state index in [0.29, 0.717) is 24.6 Å². The number of halogens is 3. The number of benzene rings is 2. The fraction of sp³-hybridized carbons (Fsp3) is 0.444. The molecule has 1 aliphatic carbocycles. The first-order chi connectivity index (χ1) is 17.1. The van der Waals surface area contributed by atoms with Crippen LogP contribution in [0.2, 0.25) is 0 Å². The maximum atomic E-state index is 12.9. The standard InChI is InChI=1S/C27H32F3N3O3/c1-18(19-6-5-7-20(14-19)27(28,29)30)31-15-25(34)32-21-16-33(17-21)22-10-12-26(35,13-11-22)23-8-3-4-9-24(23)36-2/h3-9,14,21-22,31,35H,1,10-13,15-17H2,2H3,(H,32,34). The van der Waals surface area contributed by atoms with E-state index in [0.717, 1.165) is 43.6 Å². The minimum Gasteiger partial charge on any atom is -0.496 e. The molecule has 0 spiro atoms. The average molecular weight is 504 g/mol. The number of hydrogen-bond donors (Lipinski definition) is 3. The normalized spacial score (nSPS) is 23.0. The summed E-state index contributed by atoms with van der Waals surface area (Å²) in [6.45, 7) is 5.16. The summed E-state index contributed by atoms with van der Waals surface area (Å²) in [7, 11) is 1.61. The molecule has 2 fully saturated rings. The largest absolute Gasteiger partial charge is 0.496 e. The van der Waals surface area contributed by atoms with Crippen LogP contribution in [0.15, 0.2) is 55.1 Å². The molecule has 1 saturated carbocycles. The van der Waals surface area contributed by atoms with E-state index in [1.54, 1.807) is 7.11 Å². The van der Waals surface area contributed by atoms with Crippen molar-refractivity contribution in [3.63, 3.8) is 0 Å². The van der Waals surface area contributed by atoms with Gasteiger partial charge in [-0.1, -0.05) is 36.9 Å². The van der Waals surface area contributed by atoms with Crippen molar-refractivity contribution in [1.82, 2.24) is 15.5 Å². The highest BCUT2D eigenvalue weighted by Crippen LogP contribution is 2.42. The molecule has 0 aromatic heterocycles. The third kappa shape index (κ3) is 5.84. The Labute approximate surface area is 209 Å². The Balaban J connectivity index is 1.19. The number of nitrogens with one attached hydrogen (secondary N) is 2. The zero-order valence-electron chi connectivity index (χ0n) is 20.3. The van der Waals surface area contributed by atoms with Crippen LogP contribution in [0.1, 0.15) is 42.4 Å².